The molecule has 0 saturated heterocycles. The topological polar surface area (TPSA) is 39.1 Å². The summed E-state index contributed by atoms with van der Waals surface area (Å²) in [4.78, 5) is 2.59. The van der Waals surface area contributed by atoms with E-state index in [9.17, 15) is 5.26 Å². The van der Waals surface area contributed by atoms with Gasteiger partial charge in [-0.05, 0) is 51.6 Å². The zero-order valence-electron chi connectivity index (χ0n) is 10.5. The van der Waals surface area contributed by atoms with Crippen LogP contribution in [0.15, 0.2) is 0 Å². The molecule has 2 aliphatic carbocycles. The van der Waals surface area contributed by atoms with Crippen LogP contribution in [-0.2, 0) is 0 Å². The normalized spacial score (nSPS) is 34.2. The van der Waals surface area contributed by atoms with Crippen LogP contribution in [0.4, 0.5) is 0 Å². The van der Waals surface area contributed by atoms with E-state index in [2.05, 4.69) is 23.2 Å². The van der Waals surface area contributed by atoms with Crippen molar-refractivity contribution in [2.24, 2.45) is 5.92 Å². The van der Waals surface area contributed by atoms with Crippen LogP contribution in [0, 0.1) is 17.2 Å². The largest absolute Gasteiger partial charge is 0.302 e. The first-order valence-electron chi connectivity index (χ1n) is 6.57. The minimum atomic E-state index is -0.248. The molecule has 2 saturated carbocycles. The maximum absolute atomic E-state index is 9.25. The van der Waals surface area contributed by atoms with Gasteiger partial charge in [-0.25, -0.2) is 0 Å². The Morgan fingerprint density at radius 3 is 2.62 bits per heavy atom. The minimum Gasteiger partial charge on any atom is -0.302 e. The van der Waals surface area contributed by atoms with E-state index in [-0.39, 0.29) is 5.54 Å². The second-order valence-electron chi connectivity index (χ2n) is 5.37. The summed E-state index contributed by atoms with van der Waals surface area (Å²) in [5.74, 6) is 0.951. The van der Waals surface area contributed by atoms with Crippen molar-refractivity contribution < 1.29 is 0 Å². The lowest BCUT2D eigenvalue weighted by atomic mass is 10.00. The SMILES string of the molecule is CCN(CC1CC1)C1CCC(C#N)(NC)C1. The molecule has 2 atom stereocenters. The summed E-state index contributed by atoms with van der Waals surface area (Å²) in [6.07, 6.45) is 6.01. The average Bonchev–Trinajstić information content (AvgIpc) is 3.04. The summed E-state index contributed by atoms with van der Waals surface area (Å²) >= 11 is 0. The van der Waals surface area contributed by atoms with E-state index >= 15 is 0 Å². The van der Waals surface area contributed by atoms with Crippen LogP contribution in [0.5, 0.6) is 0 Å². The second kappa shape index (κ2) is 4.73. The fourth-order valence-electron chi connectivity index (χ4n) is 2.88. The van der Waals surface area contributed by atoms with Gasteiger partial charge in [-0.15, -0.1) is 0 Å². The van der Waals surface area contributed by atoms with Crippen molar-refractivity contribution in [1.29, 1.82) is 5.26 Å². The highest BCUT2D eigenvalue weighted by atomic mass is 15.2. The molecule has 2 unspecified atom stereocenters. The Balaban J connectivity index is 1.92. The Morgan fingerprint density at radius 2 is 2.19 bits per heavy atom. The van der Waals surface area contributed by atoms with Gasteiger partial charge in [-0.2, -0.15) is 5.26 Å². The molecule has 3 nitrogen and oxygen atoms in total. The summed E-state index contributed by atoms with van der Waals surface area (Å²) in [5, 5.41) is 12.5. The molecular weight excluding hydrogens is 198 g/mol. The van der Waals surface area contributed by atoms with Crippen LogP contribution in [0.3, 0.4) is 0 Å². The molecule has 0 radical (unpaired) electrons. The Kier molecular flexibility index (Phi) is 3.51. The molecule has 0 aromatic heterocycles. The Morgan fingerprint density at radius 1 is 1.44 bits per heavy atom. The predicted molar refractivity (Wildman–Crippen MR) is 65.0 cm³/mol. The average molecular weight is 221 g/mol. The van der Waals surface area contributed by atoms with Crippen LogP contribution in [0.2, 0.25) is 0 Å². The standard InChI is InChI=1S/C13H23N3/c1-3-16(9-11-4-5-11)12-6-7-13(8-12,10-14)15-2/h11-12,15H,3-9H2,1-2H3. The lowest BCUT2D eigenvalue weighted by Gasteiger charge is -2.28. The molecule has 0 aromatic rings. The van der Waals surface area contributed by atoms with Gasteiger partial charge in [0.25, 0.3) is 0 Å². The van der Waals surface area contributed by atoms with Crippen molar-refractivity contribution in [3.63, 3.8) is 0 Å². The van der Waals surface area contributed by atoms with E-state index in [1.54, 1.807) is 0 Å². The van der Waals surface area contributed by atoms with Crippen LogP contribution in [-0.4, -0.2) is 36.6 Å². The highest BCUT2D eigenvalue weighted by Crippen LogP contribution is 2.36. The van der Waals surface area contributed by atoms with Gasteiger partial charge in [-0.1, -0.05) is 6.92 Å². The summed E-state index contributed by atoms with van der Waals surface area (Å²) < 4.78 is 0. The van der Waals surface area contributed by atoms with E-state index in [1.807, 2.05) is 7.05 Å². The Labute approximate surface area is 98.8 Å². The maximum Gasteiger partial charge on any atom is 0.108 e. The van der Waals surface area contributed by atoms with Gasteiger partial charge in [0, 0.05) is 12.6 Å². The second-order valence-corrected chi connectivity index (χ2v) is 5.37. The highest BCUT2D eigenvalue weighted by molar-refractivity contribution is 5.12. The number of nitrogens with zero attached hydrogens (tertiary/aromatic N) is 2. The van der Waals surface area contributed by atoms with Crippen molar-refractivity contribution in [2.45, 2.75) is 50.6 Å². The zero-order chi connectivity index (χ0) is 11.6. The van der Waals surface area contributed by atoms with E-state index < -0.39 is 0 Å². The summed E-state index contributed by atoms with van der Waals surface area (Å²) in [7, 11) is 1.92. The summed E-state index contributed by atoms with van der Waals surface area (Å²) in [6.45, 7) is 4.63. The molecule has 0 aliphatic heterocycles. The monoisotopic (exact) mass is 221 g/mol. The Hall–Kier alpha value is -0.590. The fourth-order valence-corrected chi connectivity index (χ4v) is 2.88. The third-order valence-corrected chi connectivity index (χ3v) is 4.29. The molecule has 0 heterocycles. The van der Waals surface area contributed by atoms with Crippen molar-refractivity contribution >= 4 is 0 Å². The summed E-state index contributed by atoms with van der Waals surface area (Å²) in [6, 6.07) is 3.09. The van der Waals surface area contributed by atoms with Crippen molar-refractivity contribution in [3.8, 4) is 6.07 Å². The molecule has 16 heavy (non-hydrogen) atoms. The first-order chi connectivity index (χ1) is 7.73. The van der Waals surface area contributed by atoms with Gasteiger partial charge in [-0.3, -0.25) is 0 Å². The lowest BCUT2D eigenvalue weighted by Crippen LogP contribution is -2.42. The molecule has 3 heteroatoms. The number of nitrogens with one attached hydrogen (secondary N) is 1. The summed E-state index contributed by atoms with van der Waals surface area (Å²) in [5.41, 5.74) is -0.248. The molecule has 0 bridgehead atoms. The molecular formula is C13H23N3. The van der Waals surface area contributed by atoms with Crippen LogP contribution in [0.1, 0.15) is 39.0 Å². The molecule has 2 aliphatic rings. The van der Waals surface area contributed by atoms with Gasteiger partial charge in [0.05, 0.1) is 6.07 Å². The van der Waals surface area contributed by atoms with Crippen LogP contribution >= 0.6 is 0 Å². The predicted octanol–water partition coefficient (Wildman–Crippen LogP) is 1.75. The first kappa shape index (κ1) is 11.9. The molecule has 1 N–H and O–H groups in total. The minimum absolute atomic E-state index is 0.248. The molecule has 0 amide bonds. The zero-order valence-corrected chi connectivity index (χ0v) is 10.5. The molecule has 2 fully saturated rings. The van der Waals surface area contributed by atoms with Gasteiger partial charge < -0.3 is 10.2 Å². The third kappa shape index (κ3) is 2.39. The third-order valence-electron chi connectivity index (χ3n) is 4.29. The van der Waals surface area contributed by atoms with Gasteiger partial charge in [0.2, 0.25) is 0 Å². The number of rotatable bonds is 5. The van der Waals surface area contributed by atoms with Crippen LogP contribution < -0.4 is 5.32 Å². The smallest absolute Gasteiger partial charge is 0.108 e. The van der Waals surface area contributed by atoms with E-state index in [0.29, 0.717) is 6.04 Å². The molecule has 2 rings (SSSR count). The quantitative estimate of drug-likeness (QED) is 0.769. The van der Waals surface area contributed by atoms with E-state index in [4.69, 9.17) is 0 Å². The van der Waals surface area contributed by atoms with Crippen molar-refractivity contribution in [1.82, 2.24) is 10.2 Å². The molecule has 0 spiro atoms. The molecule has 90 valence electrons. The maximum atomic E-state index is 9.25. The lowest BCUT2D eigenvalue weighted by molar-refractivity contribution is 0.194. The highest BCUT2D eigenvalue weighted by Gasteiger charge is 2.41. The number of nitriles is 1. The first-order valence-corrected chi connectivity index (χ1v) is 6.57. The van der Waals surface area contributed by atoms with Crippen LogP contribution in [0.25, 0.3) is 0 Å². The van der Waals surface area contributed by atoms with Gasteiger partial charge in [0.15, 0.2) is 0 Å². The van der Waals surface area contributed by atoms with E-state index in [1.165, 1.54) is 25.8 Å². The van der Waals surface area contributed by atoms with Gasteiger partial charge >= 0.3 is 0 Å². The molecule has 0 aromatic carbocycles. The van der Waals surface area contributed by atoms with Crippen molar-refractivity contribution in [2.75, 3.05) is 20.1 Å². The fraction of sp³-hybridized carbons (Fsp3) is 0.923. The van der Waals surface area contributed by atoms with Crippen molar-refractivity contribution in [3.05, 3.63) is 0 Å². The van der Waals surface area contributed by atoms with Gasteiger partial charge in [0.1, 0.15) is 5.54 Å². The Bertz CT molecular complexity index is 279. The number of hydrogen-bond acceptors (Lipinski definition) is 3. The number of hydrogen-bond donors (Lipinski definition) is 1. The van der Waals surface area contributed by atoms with E-state index in [0.717, 1.165) is 25.3 Å².